The van der Waals surface area contributed by atoms with Crippen molar-refractivity contribution in [3.8, 4) is 0 Å². The molecule has 3 nitrogen and oxygen atoms in total. The molecule has 1 unspecified atom stereocenters. The predicted molar refractivity (Wildman–Crippen MR) is 60.4 cm³/mol. The maximum Gasteiger partial charge on any atom is 0.311 e. The topological polar surface area (TPSA) is 46.5 Å². The van der Waals surface area contributed by atoms with Crippen LogP contribution in [-0.4, -0.2) is 24.3 Å². The van der Waals surface area contributed by atoms with Gasteiger partial charge in [-0.25, -0.2) is 0 Å². The van der Waals surface area contributed by atoms with Crippen molar-refractivity contribution in [3.63, 3.8) is 0 Å². The summed E-state index contributed by atoms with van der Waals surface area (Å²) in [5.41, 5.74) is 0.0129. The van der Waals surface area contributed by atoms with E-state index in [-0.39, 0.29) is 18.0 Å². The van der Waals surface area contributed by atoms with Crippen molar-refractivity contribution in [3.05, 3.63) is 0 Å². The Kier molecular flexibility index (Phi) is 5.88. The van der Waals surface area contributed by atoms with Crippen LogP contribution in [0.15, 0.2) is 0 Å². The van der Waals surface area contributed by atoms with Gasteiger partial charge < -0.3 is 9.84 Å². The van der Waals surface area contributed by atoms with E-state index in [0.717, 1.165) is 6.42 Å². The minimum Gasteiger partial charge on any atom is -0.465 e. The van der Waals surface area contributed by atoms with Gasteiger partial charge in [0, 0.05) is 0 Å². The van der Waals surface area contributed by atoms with Crippen LogP contribution in [-0.2, 0) is 9.53 Å². The maximum atomic E-state index is 11.3. The number of aliphatic hydroxyl groups excluding tert-OH is 1. The van der Waals surface area contributed by atoms with E-state index in [1.807, 2.05) is 0 Å². The molecule has 0 saturated carbocycles. The summed E-state index contributed by atoms with van der Waals surface area (Å²) in [6.45, 7) is 10.4. The van der Waals surface area contributed by atoms with Gasteiger partial charge in [0.05, 0.1) is 19.1 Å². The third kappa shape index (κ3) is 6.50. The van der Waals surface area contributed by atoms with Crippen molar-refractivity contribution in [1.82, 2.24) is 0 Å². The number of carbonyl (C=O) groups is 1. The van der Waals surface area contributed by atoms with Crippen LogP contribution in [0.5, 0.6) is 0 Å². The normalized spacial score (nSPS) is 14.1. The van der Waals surface area contributed by atoms with Crippen molar-refractivity contribution in [2.45, 2.75) is 41.0 Å². The highest BCUT2D eigenvalue weighted by Crippen LogP contribution is 2.25. The van der Waals surface area contributed by atoms with E-state index in [1.165, 1.54) is 0 Å². The molecule has 0 bridgehead atoms. The molecule has 1 N–H and O–H groups in total. The van der Waals surface area contributed by atoms with Gasteiger partial charge in [0.25, 0.3) is 0 Å². The second-order valence-corrected chi connectivity index (χ2v) is 5.45. The second kappa shape index (κ2) is 6.11. The number of rotatable bonds is 6. The van der Waals surface area contributed by atoms with Crippen LogP contribution in [0.4, 0.5) is 0 Å². The molecule has 90 valence electrons. The highest BCUT2D eigenvalue weighted by atomic mass is 16.5. The summed E-state index contributed by atoms with van der Waals surface area (Å²) in [5, 5.41) is 8.78. The minimum atomic E-state index is -0.417. The van der Waals surface area contributed by atoms with Crippen LogP contribution in [0.3, 0.4) is 0 Å². The number of aliphatic hydroxyl groups is 1. The molecule has 15 heavy (non-hydrogen) atoms. The Hall–Kier alpha value is -0.570. The number of carbonyl (C=O) groups excluding carboxylic acids is 1. The smallest absolute Gasteiger partial charge is 0.311 e. The number of ether oxygens (including phenoxy) is 1. The Labute approximate surface area is 92.8 Å². The van der Waals surface area contributed by atoms with E-state index in [0.29, 0.717) is 12.5 Å². The molecular formula is C12H24O3. The van der Waals surface area contributed by atoms with Gasteiger partial charge >= 0.3 is 5.97 Å². The quantitative estimate of drug-likeness (QED) is 0.693. The molecule has 0 fully saturated rings. The molecule has 0 radical (unpaired) electrons. The summed E-state index contributed by atoms with van der Waals surface area (Å²) in [5.74, 6) is -0.136. The molecule has 0 heterocycles. The van der Waals surface area contributed by atoms with E-state index in [1.54, 1.807) is 6.92 Å². The average molecular weight is 216 g/mol. The SMILES string of the molecule is CC(C)CC(C)(C)COC(=O)C(C)CO. The van der Waals surface area contributed by atoms with E-state index in [9.17, 15) is 4.79 Å². The van der Waals surface area contributed by atoms with Gasteiger partial charge in [0.2, 0.25) is 0 Å². The van der Waals surface area contributed by atoms with E-state index < -0.39 is 5.92 Å². The van der Waals surface area contributed by atoms with Crippen LogP contribution in [0.2, 0.25) is 0 Å². The molecule has 0 aromatic rings. The van der Waals surface area contributed by atoms with E-state index >= 15 is 0 Å². The van der Waals surface area contributed by atoms with Crippen LogP contribution < -0.4 is 0 Å². The largest absolute Gasteiger partial charge is 0.465 e. The number of hydrogen-bond donors (Lipinski definition) is 1. The molecule has 0 saturated heterocycles. The Morgan fingerprint density at radius 3 is 2.27 bits per heavy atom. The Bertz CT molecular complexity index is 197. The first-order valence-electron chi connectivity index (χ1n) is 5.56. The first-order chi connectivity index (χ1) is 6.78. The molecule has 0 aliphatic carbocycles. The van der Waals surface area contributed by atoms with Gasteiger partial charge in [0.1, 0.15) is 0 Å². The molecule has 0 aliphatic heterocycles. The highest BCUT2D eigenvalue weighted by molar-refractivity contribution is 5.72. The molecule has 0 aliphatic rings. The summed E-state index contributed by atoms with van der Waals surface area (Å²) in [6, 6.07) is 0. The second-order valence-electron chi connectivity index (χ2n) is 5.45. The summed E-state index contributed by atoms with van der Waals surface area (Å²) >= 11 is 0. The zero-order valence-corrected chi connectivity index (χ0v) is 10.5. The lowest BCUT2D eigenvalue weighted by Crippen LogP contribution is -2.27. The van der Waals surface area contributed by atoms with Crippen molar-refractivity contribution < 1.29 is 14.6 Å². The molecule has 0 aromatic heterocycles. The fraction of sp³-hybridized carbons (Fsp3) is 0.917. The van der Waals surface area contributed by atoms with Gasteiger partial charge in [-0.15, -0.1) is 0 Å². The van der Waals surface area contributed by atoms with Gasteiger partial charge in [-0.2, -0.15) is 0 Å². The lowest BCUT2D eigenvalue weighted by Gasteiger charge is -2.26. The molecular weight excluding hydrogens is 192 g/mol. The van der Waals surface area contributed by atoms with Gasteiger partial charge in [-0.05, 0) is 24.7 Å². The van der Waals surface area contributed by atoms with E-state index in [4.69, 9.17) is 9.84 Å². The fourth-order valence-electron chi connectivity index (χ4n) is 1.65. The summed E-state index contributed by atoms with van der Waals surface area (Å²) in [7, 11) is 0. The van der Waals surface area contributed by atoms with Crippen LogP contribution in [0.1, 0.15) is 41.0 Å². The molecule has 3 heteroatoms. The van der Waals surface area contributed by atoms with Crippen molar-refractivity contribution >= 4 is 5.97 Å². The Morgan fingerprint density at radius 1 is 1.33 bits per heavy atom. The Balaban J connectivity index is 3.98. The number of hydrogen-bond acceptors (Lipinski definition) is 3. The first-order valence-corrected chi connectivity index (χ1v) is 5.56. The average Bonchev–Trinajstić information content (AvgIpc) is 2.11. The van der Waals surface area contributed by atoms with Crippen LogP contribution >= 0.6 is 0 Å². The summed E-state index contributed by atoms with van der Waals surface area (Å²) in [4.78, 5) is 11.3. The zero-order chi connectivity index (χ0) is 12.1. The maximum absolute atomic E-state index is 11.3. The monoisotopic (exact) mass is 216 g/mol. The number of esters is 1. The van der Waals surface area contributed by atoms with Crippen LogP contribution in [0, 0.1) is 17.3 Å². The predicted octanol–water partition coefficient (Wildman–Crippen LogP) is 2.23. The Morgan fingerprint density at radius 2 is 1.87 bits per heavy atom. The third-order valence-electron chi connectivity index (χ3n) is 2.24. The van der Waals surface area contributed by atoms with E-state index in [2.05, 4.69) is 27.7 Å². The first kappa shape index (κ1) is 14.4. The lowest BCUT2D eigenvalue weighted by atomic mass is 9.85. The van der Waals surface area contributed by atoms with Crippen molar-refractivity contribution in [2.75, 3.05) is 13.2 Å². The minimum absolute atomic E-state index is 0.0129. The molecule has 0 amide bonds. The molecule has 0 aromatic carbocycles. The van der Waals surface area contributed by atoms with Crippen LogP contribution in [0.25, 0.3) is 0 Å². The van der Waals surface area contributed by atoms with Gasteiger partial charge in [-0.3, -0.25) is 4.79 Å². The molecule has 0 spiro atoms. The van der Waals surface area contributed by atoms with Gasteiger partial charge in [-0.1, -0.05) is 27.7 Å². The standard InChI is InChI=1S/C12H24O3/c1-9(2)6-12(4,5)8-15-11(14)10(3)7-13/h9-10,13H,6-8H2,1-5H3. The lowest BCUT2D eigenvalue weighted by molar-refractivity contribution is -0.152. The molecule has 1 atom stereocenters. The van der Waals surface area contributed by atoms with Gasteiger partial charge in [0.15, 0.2) is 0 Å². The summed E-state index contributed by atoms with van der Waals surface area (Å²) in [6.07, 6.45) is 1.02. The summed E-state index contributed by atoms with van der Waals surface area (Å²) < 4.78 is 5.16. The zero-order valence-electron chi connectivity index (χ0n) is 10.5. The third-order valence-corrected chi connectivity index (χ3v) is 2.24. The van der Waals surface area contributed by atoms with Crippen molar-refractivity contribution in [1.29, 1.82) is 0 Å². The highest BCUT2D eigenvalue weighted by Gasteiger charge is 2.23. The fourth-order valence-corrected chi connectivity index (χ4v) is 1.65. The van der Waals surface area contributed by atoms with Crippen molar-refractivity contribution in [2.24, 2.45) is 17.3 Å². The molecule has 0 rings (SSSR count).